The third-order valence-electron chi connectivity index (χ3n) is 2.74. The van der Waals surface area contributed by atoms with Crippen LogP contribution in [0.3, 0.4) is 0 Å². The third-order valence-corrected chi connectivity index (χ3v) is 2.74. The van der Waals surface area contributed by atoms with E-state index in [1.807, 2.05) is 0 Å². The molecule has 8 heteroatoms. The minimum atomic E-state index is -0.840. The highest BCUT2D eigenvalue weighted by Gasteiger charge is 2.27. The molecule has 0 aliphatic carbocycles. The Morgan fingerprint density at radius 1 is 1.28 bits per heavy atom. The van der Waals surface area contributed by atoms with Crippen molar-refractivity contribution in [3.63, 3.8) is 0 Å². The molecule has 4 amide bonds. The predicted molar refractivity (Wildman–Crippen MR) is 62.9 cm³/mol. The van der Waals surface area contributed by atoms with E-state index in [2.05, 4.69) is 10.6 Å². The van der Waals surface area contributed by atoms with E-state index in [0.717, 1.165) is 0 Å². The van der Waals surface area contributed by atoms with Gasteiger partial charge in [0.05, 0.1) is 0 Å². The van der Waals surface area contributed by atoms with Gasteiger partial charge in [-0.2, -0.15) is 0 Å². The van der Waals surface area contributed by atoms with Crippen LogP contribution in [0.15, 0.2) is 0 Å². The minimum Gasteiger partial charge on any atom is -0.481 e. The van der Waals surface area contributed by atoms with Gasteiger partial charge in [-0.05, 0) is 12.3 Å². The zero-order chi connectivity index (χ0) is 13.5. The number of carboxylic acid groups (broad SMARTS) is 1. The maximum absolute atomic E-state index is 11.6. The van der Waals surface area contributed by atoms with Crippen molar-refractivity contribution in [2.24, 2.45) is 11.7 Å². The highest BCUT2D eigenvalue weighted by Crippen LogP contribution is 2.19. The minimum absolute atomic E-state index is 0.0250. The van der Waals surface area contributed by atoms with E-state index < -0.39 is 12.0 Å². The zero-order valence-electron chi connectivity index (χ0n) is 10.0. The van der Waals surface area contributed by atoms with Gasteiger partial charge >= 0.3 is 18.0 Å². The van der Waals surface area contributed by atoms with Crippen LogP contribution in [0.2, 0.25) is 0 Å². The lowest BCUT2D eigenvalue weighted by Crippen LogP contribution is -2.42. The number of hydrogen-bond donors (Lipinski definition) is 4. The van der Waals surface area contributed by atoms with Crippen molar-refractivity contribution < 1.29 is 19.5 Å². The quantitative estimate of drug-likeness (QED) is 0.480. The summed E-state index contributed by atoms with van der Waals surface area (Å²) in [4.78, 5) is 34.1. The smallest absolute Gasteiger partial charge is 0.317 e. The third kappa shape index (κ3) is 4.89. The Hall–Kier alpha value is -1.99. The summed E-state index contributed by atoms with van der Waals surface area (Å²) in [6.07, 6.45) is 0.798. The number of aliphatic carboxylic acids is 1. The molecule has 1 unspecified atom stereocenters. The first-order chi connectivity index (χ1) is 8.49. The first kappa shape index (κ1) is 14.1. The Morgan fingerprint density at radius 2 is 1.94 bits per heavy atom. The molecule has 0 aromatic carbocycles. The van der Waals surface area contributed by atoms with Crippen molar-refractivity contribution in [2.45, 2.75) is 12.8 Å². The molecule has 18 heavy (non-hydrogen) atoms. The largest absolute Gasteiger partial charge is 0.481 e. The Bertz CT molecular complexity index is 334. The number of likely N-dealkylation sites (tertiary alicyclic amines) is 1. The molecule has 0 radical (unpaired) electrons. The summed E-state index contributed by atoms with van der Waals surface area (Å²) in [7, 11) is 0. The number of amides is 4. The van der Waals surface area contributed by atoms with E-state index in [4.69, 9.17) is 10.8 Å². The molecule has 0 aromatic rings. The van der Waals surface area contributed by atoms with E-state index in [-0.39, 0.29) is 24.9 Å². The molecule has 102 valence electrons. The molecular weight excluding hydrogens is 240 g/mol. The molecule has 5 N–H and O–H groups in total. The molecule has 0 saturated carbocycles. The number of hydrogen-bond acceptors (Lipinski definition) is 3. The molecule has 1 saturated heterocycles. The second-order valence-corrected chi connectivity index (χ2v) is 4.22. The summed E-state index contributed by atoms with van der Waals surface area (Å²) < 4.78 is 0. The van der Waals surface area contributed by atoms with Crippen LogP contribution in [0.25, 0.3) is 0 Å². The van der Waals surface area contributed by atoms with Crippen molar-refractivity contribution in [1.82, 2.24) is 15.5 Å². The standard InChI is InChI=1S/C10H18N4O4/c11-9(17)12-2-3-13-10(18)14-4-1-7(6-14)5-8(15)16/h7H,1-6H2,(H,13,18)(H,15,16)(H3,11,12,17). The first-order valence-corrected chi connectivity index (χ1v) is 5.77. The SMILES string of the molecule is NC(=O)NCCNC(=O)N1CCC(CC(=O)O)C1. The van der Waals surface area contributed by atoms with Crippen LogP contribution in [-0.2, 0) is 4.79 Å². The summed E-state index contributed by atoms with van der Waals surface area (Å²) in [5.41, 5.74) is 4.87. The molecule has 1 atom stereocenters. The Labute approximate surface area is 104 Å². The van der Waals surface area contributed by atoms with E-state index in [1.165, 1.54) is 0 Å². The summed E-state index contributed by atoms with van der Waals surface area (Å²) in [5.74, 6) is -0.815. The van der Waals surface area contributed by atoms with Gasteiger partial charge < -0.3 is 26.4 Å². The lowest BCUT2D eigenvalue weighted by Gasteiger charge is -2.17. The second kappa shape index (κ2) is 6.67. The summed E-state index contributed by atoms with van der Waals surface area (Å²) >= 11 is 0. The fourth-order valence-corrected chi connectivity index (χ4v) is 1.90. The van der Waals surface area contributed by atoms with Gasteiger partial charge in [0, 0.05) is 32.6 Å². The van der Waals surface area contributed by atoms with Crippen molar-refractivity contribution in [3.05, 3.63) is 0 Å². The number of nitrogens with two attached hydrogens (primary N) is 1. The second-order valence-electron chi connectivity index (χ2n) is 4.22. The van der Waals surface area contributed by atoms with Gasteiger partial charge in [-0.25, -0.2) is 9.59 Å². The monoisotopic (exact) mass is 258 g/mol. The van der Waals surface area contributed by atoms with Crippen LogP contribution in [0, 0.1) is 5.92 Å². The number of nitrogens with one attached hydrogen (secondary N) is 2. The number of carboxylic acids is 1. The maximum atomic E-state index is 11.6. The lowest BCUT2D eigenvalue weighted by atomic mass is 10.1. The normalized spacial score (nSPS) is 18.4. The van der Waals surface area contributed by atoms with E-state index in [1.54, 1.807) is 4.90 Å². The number of carbonyl (C=O) groups excluding carboxylic acids is 2. The topological polar surface area (TPSA) is 125 Å². The van der Waals surface area contributed by atoms with E-state index in [9.17, 15) is 14.4 Å². The number of urea groups is 2. The van der Waals surface area contributed by atoms with Crippen molar-refractivity contribution in [2.75, 3.05) is 26.2 Å². The average molecular weight is 258 g/mol. The van der Waals surface area contributed by atoms with Gasteiger partial charge in [-0.1, -0.05) is 0 Å². The van der Waals surface area contributed by atoms with E-state index in [0.29, 0.717) is 26.1 Å². The molecule has 0 spiro atoms. The van der Waals surface area contributed by atoms with Crippen LogP contribution in [-0.4, -0.2) is 54.2 Å². The van der Waals surface area contributed by atoms with Gasteiger partial charge in [0.2, 0.25) is 0 Å². The summed E-state index contributed by atoms with van der Waals surface area (Å²) in [5, 5.41) is 13.6. The van der Waals surface area contributed by atoms with Gasteiger partial charge in [0.15, 0.2) is 0 Å². The average Bonchev–Trinajstić information content (AvgIpc) is 2.71. The first-order valence-electron chi connectivity index (χ1n) is 5.77. The Balaban J connectivity index is 2.19. The molecule has 8 nitrogen and oxygen atoms in total. The highest BCUT2D eigenvalue weighted by molar-refractivity contribution is 5.75. The van der Waals surface area contributed by atoms with Gasteiger partial charge in [0.25, 0.3) is 0 Å². The van der Waals surface area contributed by atoms with Gasteiger partial charge in [-0.3, -0.25) is 4.79 Å². The molecule has 1 rings (SSSR count). The fourth-order valence-electron chi connectivity index (χ4n) is 1.90. The van der Waals surface area contributed by atoms with Crippen molar-refractivity contribution >= 4 is 18.0 Å². The van der Waals surface area contributed by atoms with Crippen molar-refractivity contribution in [1.29, 1.82) is 0 Å². The molecule has 1 aliphatic rings. The number of carbonyl (C=O) groups is 3. The number of rotatable bonds is 5. The van der Waals surface area contributed by atoms with Crippen LogP contribution in [0.4, 0.5) is 9.59 Å². The fraction of sp³-hybridized carbons (Fsp3) is 0.700. The molecule has 1 aliphatic heterocycles. The Kier molecular flexibility index (Phi) is 5.22. The van der Waals surface area contributed by atoms with Crippen LogP contribution >= 0.6 is 0 Å². The van der Waals surface area contributed by atoms with Crippen LogP contribution < -0.4 is 16.4 Å². The molecule has 1 fully saturated rings. The van der Waals surface area contributed by atoms with Gasteiger partial charge in [0.1, 0.15) is 0 Å². The molecule has 0 bridgehead atoms. The van der Waals surface area contributed by atoms with Crippen LogP contribution in [0.1, 0.15) is 12.8 Å². The molecule has 0 aromatic heterocycles. The Morgan fingerprint density at radius 3 is 2.56 bits per heavy atom. The highest BCUT2D eigenvalue weighted by atomic mass is 16.4. The summed E-state index contributed by atoms with van der Waals surface area (Å²) in [6.45, 7) is 1.59. The van der Waals surface area contributed by atoms with E-state index >= 15 is 0 Å². The maximum Gasteiger partial charge on any atom is 0.317 e. The van der Waals surface area contributed by atoms with Crippen molar-refractivity contribution in [3.8, 4) is 0 Å². The number of nitrogens with zero attached hydrogens (tertiary/aromatic N) is 1. The summed E-state index contributed by atoms with van der Waals surface area (Å²) in [6, 6.07) is -0.874. The lowest BCUT2D eigenvalue weighted by molar-refractivity contribution is -0.138. The molecule has 1 heterocycles. The predicted octanol–water partition coefficient (Wildman–Crippen LogP) is -0.839. The number of primary amides is 1. The molecular formula is C10H18N4O4. The van der Waals surface area contributed by atoms with Crippen LogP contribution in [0.5, 0.6) is 0 Å². The van der Waals surface area contributed by atoms with Gasteiger partial charge in [-0.15, -0.1) is 0 Å². The zero-order valence-corrected chi connectivity index (χ0v) is 10.0.